The molecule has 0 atom stereocenters. The number of hydrogen-bond acceptors (Lipinski definition) is 7. The fraction of sp³-hybridized carbons (Fsp3) is 0.118. The van der Waals surface area contributed by atoms with Crippen LogP contribution >= 0.6 is 39.0 Å². The summed E-state index contributed by atoms with van der Waals surface area (Å²) >= 11 is 6.17. The van der Waals surface area contributed by atoms with Crippen LogP contribution in [0.1, 0.15) is 10.4 Å². The Kier molecular flexibility index (Phi) is 6.06. The molecular weight excluding hydrogens is 422 g/mol. The monoisotopic (exact) mass is 435 g/mol. The molecule has 2 aromatic carbocycles. The number of anilines is 2. The molecule has 0 radical (unpaired) electrons. The van der Waals surface area contributed by atoms with E-state index in [-0.39, 0.29) is 5.78 Å². The molecule has 0 unspecified atom stereocenters. The fourth-order valence-corrected chi connectivity index (χ4v) is 3.89. The topological polar surface area (TPSA) is 64.1 Å². The summed E-state index contributed by atoms with van der Waals surface area (Å²) in [7, 11) is 1.63. The summed E-state index contributed by atoms with van der Waals surface area (Å²) < 4.78 is 6.83. The maximum absolute atomic E-state index is 12.2. The van der Waals surface area contributed by atoms with Gasteiger partial charge in [-0.25, -0.2) is 0 Å². The van der Waals surface area contributed by atoms with Crippen molar-refractivity contribution in [1.29, 1.82) is 0 Å². The molecule has 1 aromatic heterocycles. The molecular formula is C17H14BrN3O2S2. The SMILES string of the molecule is COc1ccc(Nc2nnc(SCC(=O)c3ccc(Br)cc3)s2)cc1. The number of methoxy groups -OCH3 is 1. The molecule has 25 heavy (non-hydrogen) atoms. The first-order valence-corrected chi connectivity index (χ1v) is 9.90. The number of halogens is 1. The molecule has 3 rings (SSSR count). The van der Waals surface area contributed by atoms with Crippen LogP contribution in [0.5, 0.6) is 5.75 Å². The fourth-order valence-electron chi connectivity index (χ4n) is 1.96. The van der Waals surface area contributed by atoms with Crippen LogP contribution in [0.3, 0.4) is 0 Å². The van der Waals surface area contributed by atoms with Crippen molar-refractivity contribution in [2.45, 2.75) is 4.34 Å². The average Bonchev–Trinajstić information content (AvgIpc) is 3.08. The molecule has 128 valence electrons. The third-order valence-electron chi connectivity index (χ3n) is 3.24. The van der Waals surface area contributed by atoms with E-state index in [1.54, 1.807) is 7.11 Å². The van der Waals surface area contributed by atoms with Gasteiger partial charge in [0.2, 0.25) is 5.13 Å². The number of carbonyl (C=O) groups excluding carboxylic acids is 1. The zero-order valence-electron chi connectivity index (χ0n) is 13.2. The Bertz CT molecular complexity index is 851. The minimum Gasteiger partial charge on any atom is -0.497 e. The van der Waals surface area contributed by atoms with Gasteiger partial charge in [0, 0.05) is 15.7 Å². The number of ether oxygens (including phenoxy) is 1. The van der Waals surface area contributed by atoms with Crippen molar-refractivity contribution >= 4 is 55.6 Å². The number of thioether (sulfide) groups is 1. The Morgan fingerprint density at radius 3 is 2.56 bits per heavy atom. The Balaban J connectivity index is 1.56. The molecule has 0 spiro atoms. The lowest BCUT2D eigenvalue weighted by atomic mass is 10.2. The average molecular weight is 436 g/mol. The van der Waals surface area contributed by atoms with Crippen molar-refractivity contribution in [3.8, 4) is 5.75 Å². The molecule has 1 heterocycles. The summed E-state index contributed by atoms with van der Waals surface area (Å²) in [6.45, 7) is 0. The standard InChI is InChI=1S/C17H14BrN3O2S2/c1-23-14-8-6-13(7-9-14)19-16-20-21-17(25-16)24-10-15(22)11-2-4-12(18)5-3-11/h2-9H,10H2,1H3,(H,19,20). The smallest absolute Gasteiger partial charge is 0.210 e. The van der Waals surface area contributed by atoms with Crippen molar-refractivity contribution in [3.05, 3.63) is 58.6 Å². The molecule has 0 aliphatic heterocycles. The minimum absolute atomic E-state index is 0.0670. The van der Waals surface area contributed by atoms with E-state index in [2.05, 4.69) is 31.4 Å². The number of nitrogens with zero attached hydrogens (tertiary/aromatic N) is 2. The van der Waals surface area contributed by atoms with Crippen molar-refractivity contribution in [1.82, 2.24) is 10.2 Å². The summed E-state index contributed by atoms with van der Waals surface area (Å²) in [6.07, 6.45) is 0. The van der Waals surface area contributed by atoms with Crippen LogP contribution in [0, 0.1) is 0 Å². The van der Waals surface area contributed by atoms with Crippen LogP contribution in [-0.4, -0.2) is 28.8 Å². The van der Waals surface area contributed by atoms with E-state index >= 15 is 0 Å². The number of rotatable bonds is 7. The molecule has 0 aliphatic rings. The highest BCUT2D eigenvalue weighted by molar-refractivity contribution is 9.10. The number of ketones is 1. The Hall–Kier alpha value is -1.90. The minimum atomic E-state index is 0.0670. The van der Waals surface area contributed by atoms with Crippen molar-refractivity contribution in [3.63, 3.8) is 0 Å². The predicted molar refractivity (Wildman–Crippen MR) is 105 cm³/mol. The van der Waals surface area contributed by atoms with Crippen molar-refractivity contribution < 1.29 is 9.53 Å². The Morgan fingerprint density at radius 2 is 1.88 bits per heavy atom. The molecule has 0 bridgehead atoms. The normalized spacial score (nSPS) is 10.5. The van der Waals surface area contributed by atoms with Crippen LogP contribution in [-0.2, 0) is 0 Å². The molecule has 3 aromatic rings. The van der Waals surface area contributed by atoms with E-state index in [1.807, 2.05) is 48.5 Å². The number of Topliss-reactive ketones (excluding diaryl/α,β-unsaturated/α-hetero) is 1. The largest absolute Gasteiger partial charge is 0.497 e. The number of benzene rings is 2. The molecule has 8 heteroatoms. The number of hydrogen-bond donors (Lipinski definition) is 1. The third kappa shape index (κ3) is 5.04. The summed E-state index contributed by atoms with van der Waals surface area (Å²) in [5, 5.41) is 12.1. The third-order valence-corrected chi connectivity index (χ3v) is 5.74. The van der Waals surface area contributed by atoms with E-state index in [0.717, 1.165) is 20.2 Å². The van der Waals surface area contributed by atoms with Crippen LogP contribution in [0.25, 0.3) is 0 Å². The Morgan fingerprint density at radius 1 is 1.16 bits per heavy atom. The van der Waals surface area contributed by atoms with Crippen molar-refractivity contribution in [2.75, 3.05) is 18.2 Å². The van der Waals surface area contributed by atoms with Crippen LogP contribution in [0.15, 0.2) is 57.3 Å². The molecule has 0 aliphatic carbocycles. The summed E-state index contributed by atoms with van der Waals surface area (Å²) in [6, 6.07) is 14.9. The molecule has 0 fully saturated rings. The van der Waals surface area contributed by atoms with Crippen LogP contribution in [0.2, 0.25) is 0 Å². The van der Waals surface area contributed by atoms with Gasteiger partial charge in [-0.1, -0.05) is 51.2 Å². The van der Waals surface area contributed by atoms with Gasteiger partial charge in [-0.15, -0.1) is 10.2 Å². The van der Waals surface area contributed by atoms with Crippen LogP contribution in [0.4, 0.5) is 10.8 Å². The van der Waals surface area contributed by atoms with Crippen molar-refractivity contribution in [2.24, 2.45) is 0 Å². The highest BCUT2D eigenvalue weighted by Gasteiger charge is 2.10. The first kappa shape index (κ1) is 17.9. The number of carbonyl (C=O) groups is 1. The first-order chi connectivity index (χ1) is 12.1. The molecule has 0 saturated carbocycles. The highest BCUT2D eigenvalue weighted by atomic mass is 79.9. The van der Waals surface area contributed by atoms with E-state index in [4.69, 9.17) is 4.74 Å². The van der Waals surface area contributed by atoms with E-state index < -0.39 is 0 Å². The lowest BCUT2D eigenvalue weighted by Crippen LogP contribution is -2.01. The van der Waals surface area contributed by atoms with E-state index in [9.17, 15) is 4.79 Å². The molecule has 1 N–H and O–H groups in total. The Labute approximate surface area is 162 Å². The highest BCUT2D eigenvalue weighted by Crippen LogP contribution is 2.28. The van der Waals surface area contributed by atoms with Gasteiger partial charge in [-0.05, 0) is 36.4 Å². The maximum Gasteiger partial charge on any atom is 0.210 e. The second-order valence-electron chi connectivity index (χ2n) is 4.95. The summed E-state index contributed by atoms with van der Waals surface area (Å²) in [4.78, 5) is 12.2. The quantitative estimate of drug-likeness (QED) is 0.414. The lowest BCUT2D eigenvalue weighted by Gasteiger charge is -2.03. The number of aromatic nitrogens is 2. The van der Waals surface area contributed by atoms with Gasteiger partial charge in [0.15, 0.2) is 10.1 Å². The molecule has 5 nitrogen and oxygen atoms in total. The molecule has 0 amide bonds. The zero-order valence-corrected chi connectivity index (χ0v) is 16.5. The van der Waals surface area contributed by atoms with E-state index in [0.29, 0.717) is 16.4 Å². The second-order valence-corrected chi connectivity index (χ2v) is 8.06. The van der Waals surface area contributed by atoms with Gasteiger partial charge in [0.05, 0.1) is 12.9 Å². The second kappa shape index (κ2) is 8.46. The van der Waals surface area contributed by atoms with Gasteiger partial charge >= 0.3 is 0 Å². The van der Waals surface area contributed by atoms with Crippen LogP contribution < -0.4 is 10.1 Å². The van der Waals surface area contributed by atoms with Gasteiger partial charge < -0.3 is 10.1 Å². The first-order valence-electron chi connectivity index (χ1n) is 7.30. The summed E-state index contributed by atoms with van der Waals surface area (Å²) in [5.74, 6) is 1.20. The van der Waals surface area contributed by atoms with Gasteiger partial charge in [0.1, 0.15) is 5.75 Å². The predicted octanol–water partition coefficient (Wildman–Crippen LogP) is 5.03. The van der Waals surface area contributed by atoms with E-state index in [1.165, 1.54) is 23.1 Å². The number of nitrogens with one attached hydrogen (secondary N) is 1. The zero-order chi connectivity index (χ0) is 17.6. The van der Waals surface area contributed by atoms with Gasteiger partial charge in [-0.2, -0.15) is 0 Å². The summed E-state index contributed by atoms with van der Waals surface area (Å²) in [5.41, 5.74) is 1.59. The van der Waals surface area contributed by atoms with Gasteiger partial charge in [-0.3, -0.25) is 4.79 Å². The lowest BCUT2D eigenvalue weighted by molar-refractivity contribution is 0.102. The molecule has 0 saturated heterocycles. The van der Waals surface area contributed by atoms with Gasteiger partial charge in [0.25, 0.3) is 0 Å². The maximum atomic E-state index is 12.2.